The van der Waals surface area contributed by atoms with Gasteiger partial charge in [-0.05, 0) is 25.7 Å². The number of hydrogen-bond donors (Lipinski definition) is 1. The fourth-order valence-corrected chi connectivity index (χ4v) is 5.84. The van der Waals surface area contributed by atoms with Gasteiger partial charge in [-0.15, -0.1) is 5.10 Å². The number of benzene rings is 1. The van der Waals surface area contributed by atoms with Crippen LogP contribution in [-0.2, 0) is 9.84 Å². The van der Waals surface area contributed by atoms with Gasteiger partial charge in [-0.25, -0.2) is 17.9 Å². The maximum atomic E-state index is 13.4. The van der Waals surface area contributed by atoms with E-state index < -0.39 is 20.5 Å². The first-order valence-corrected chi connectivity index (χ1v) is 14.2. The summed E-state index contributed by atoms with van der Waals surface area (Å²) in [6, 6.07) is 8.14. The molecule has 1 saturated heterocycles. The minimum absolute atomic E-state index is 0.00608. The van der Waals surface area contributed by atoms with Crippen LogP contribution in [0.3, 0.4) is 0 Å². The number of halogens is 1. The van der Waals surface area contributed by atoms with Crippen molar-refractivity contribution in [3.63, 3.8) is 0 Å². The monoisotopic (exact) mass is 536 g/mol. The minimum Gasteiger partial charge on any atom is -0.355 e. The molecule has 1 aliphatic heterocycles. The molecule has 35 heavy (non-hydrogen) atoms. The van der Waals surface area contributed by atoms with Crippen LogP contribution in [-0.4, -0.2) is 64.9 Å². The van der Waals surface area contributed by atoms with Crippen molar-refractivity contribution >= 4 is 59.0 Å². The number of carbonyl (C=O) groups is 1. The molecule has 3 heterocycles. The lowest BCUT2D eigenvalue weighted by Gasteiger charge is -2.28. The molecule has 1 aromatic carbocycles. The van der Waals surface area contributed by atoms with Gasteiger partial charge in [0.25, 0.3) is 0 Å². The number of nitro groups is 1. The molecule has 1 aliphatic rings. The first kappa shape index (κ1) is 25.0. The number of nitrogens with zero attached hydrogens (tertiary/aromatic N) is 5. The molecule has 184 valence electrons. The van der Waals surface area contributed by atoms with E-state index in [1.165, 1.54) is 10.6 Å². The van der Waals surface area contributed by atoms with Gasteiger partial charge in [0, 0.05) is 39.6 Å². The molecule has 11 nitrogen and oxygen atoms in total. The van der Waals surface area contributed by atoms with Crippen LogP contribution < -0.4 is 10.2 Å². The molecule has 3 aromatic rings. The Hall–Kier alpha value is -3.08. The number of anilines is 3. The van der Waals surface area contributed by atoms with E-state index in [1.807, 2.05) is 6.66 Å². The summed E-state index contributed by atoms with van der Waals surface area (Å²) in [5.74, 6) is -0.00800. The van der Waals surface area contributed by atoms with Crippen molar-refractivity contribution in [1.82, 2.24) is 14.5 Å². The average molecular weight is 537 g/mol. The predicted octanol–water partition coefficient (Wildman–Crippen LogP) is 3.43. The number of rotatable bonds is 7. The van der Waals surface area contributed by atoms with Crippen molar-refractivity contribution in [2.75, 3.05) is 41.5 Å². The summed E-state index contributed by atoms with van der Waals surface area (Å²) >= 11 is 6.24. The molecule has 1 fully saturated rings. The SMILES string of the molecule is CPn1nc(Nc2cc(N3CCS(=O)(=O)CC3)ncc2C(=O)c2ccccc2Cl)c([N+](=O)[O-])c1C. The molecule has 4 rings (SSSR count). The number of carbonyl (C=O) groups excluding carboxylic acids is 1. The van der Waals surface area contributed by atoms with Gasteiger partial charge >= 0.3 is 5.69 Å². The van der Waals surface area contributed by atoms with E-state index in [4.69, 9.17) is 11.6 Å². The Kier molecular flexibility index (Phi) is 7.07. The van der Waals surface area contributed by atoms with Crippen LogP contribution in [0, 0.1) is 17.0 Å². The number of pyridine rings is 1. The van der Waals surface area contributed by atoms with E-state index >= 15 is 0 Å². The fraction of sp³-hybridized carbons (Fsp3) is 0.286. The molecular formula is C21H22ClN6O5PS. The fourth-order valence-electron chi connectivity index (χ4n) is 3.78. The van der Waals surface area contributed by atoms with Crippen molar-refractivity contribution in [1.29, 1.82) is 0 Å². The smallest absolute Gasteiger partial charge is 0.334 e. The lowest BCUT2D eigenvalue weighted by Crippen LogP contribution is -2.40. The Balaban J connectivity index is 1.80. The van der Waals surface area contributed by atoms with Crippen molar-refractivity contribution in [3.05, 3.63) is 68.5 Å². The summed E-state index contributed by atoms with van der Waals surface area (Å²) in [6.07, 6.45) is 1.36. The van der Waals surface area contributed by atoms with E-state index in [1.54, 1.807) is 42.2 Å². The van der Waals surface area contributed by atoms with Gasteiger partial charge in [-0.2, -0.15) is 0 Å². The molecule has 1 N–H and O–H groups in total. The lowest BCUT2D eigenvalue weighted by molar-refractivity contribution is -0.384. The first-order valence-electron chi connectivity index (χ1n) is 10.5. The lowest BCUT2D eigenvalue weighted by atomic mass is 10.0. The highest BCUT2D eigenvalue weighted by atomic mass is 35.5. The van der Waals surface area contributed by atoms with E-state index in [0.717, 1.165) is 0 Å². The van der Waals surface area contributed by atoms with Gasteiger partial charge in [0.1, 0.15) is 11.5 Å². The Bertz CT molecular complexity index is 1410. The van der Waals surface area contributed by atoms with Crippen LogP contribution in [0.15, 0.2) is 36.5 Å². The molecule has 0 amide bonds. The Morgan fingerprint density at radius 3 is 2.54 bits per heavy atom. The third-order valence-electron chi connectivity index (χ3n) is 5.65. The molecule has 14 heteroatoms. The molecule has 0 aliphatic carbocycles. The maximum absolute atomic E-state index is 13.4. The minimum atomic E-state index is -3.11. The van der Waals surface area contributed by atoms with Crippen LogP contribution in [0.1, 0.15) is 21.6 Å². The van der Waals surface area contributed by atoms with Crippen LogP contribution in [0.4, 0.5) is 23.0 Å². The molecule has 1 unspecified atom stereocenters. The van der Waals surface area contributed by atoms with E-state index in [2.05, 4.69) is 15.4 Å². The molecule has 0 radical (unpaired) electrons. The molecule has 2 aromatic heterocycles. The number of hydrogen-bond acceptors (Lipinski definition) is 9. The van der Waals surface area contributed by atoms with Gasteiger partial charge in [-0.3, -0.25) is 14.9 Å². The number of sulfone groups is 1. The summed E-state index contributed by atoms with van der Waals surface area (Å²) in [7, 11) is -2.94. The van der Waals surface area contributed by atoms with Crippen molar-refractivity contribution in [2.45, 2.75) is 6.92 Å². The van der Waals surface area contributed by atoms with Gasteiger partial charge in [0.05, 0.1) is 32.7 Å². The van der Waals surface area contributed by atoms with Crippen molar-refractivity contribution in [3.8, 4) is 0 Å². The largest absolute Gasteiger partial charge is 0.355 e. The second-order valence-electron chi connectivity index (χ2n) is 7.84. The Labute approximate surface area is 208 Å². The van der Waals surface area contributed by atoms with Crippen molar-refractivity contribution in [2.24, 2.45) is 0 Å². The zero-order chi connectivity index (χ0) is 25.3. The number of aromatic nitrogens is 3. The standard InChI is InChI=1S/C21H22ClN6O5PS/c1-13-19(28(30)31)21(25-27(13)34-2)24-17-11-18(26-7-9-35(32,33)10-8-26)23-12-15(17)20(29)14-5-3-4-6-16(14)22/h3-6,11-12,34H,7-10H2,1-2H3,(H,23,24,25). The number of ketones is 1. The van der Waals surface area contributed by atoms with Crippen molar-refractivity contribution < 1.29 is 18.1 Å². The highest BCUT2D eigenvalue weighted by molar-refractivity contribution is 7.91. The summed E-state index contributed by atoms with van der Waals surface area (Å²) in [4.78, 5) is 30.8. The van der Waals surface area contributed by atoms with E-state index in [0.29, 0.717) is 11.5 Å². The maximum Gasteiger partial charge on any atom is 0.334 e. The predicted molar refractivity (Wildman–Crippen MR) is 137 cm³/mol. The highest BCUT2D eigenvalue weighted by Crippen LogP contribution is 2.35. The summed E-state index contributed by atoms with van der Waals surface area (Å²) < 4.78 is 25.2. The topological polar surface area (TPSA) is 140 Å². The zero-order valence-electron chi connectivity index (χ0n) is 18.9. The average Bonchev–Trinajstić information content (AvgIpc) is 3.14. The van der Waals surface area contributed by atoms with Gasteiger partial charge in [0.15, 0.2) is 15.6 Å². The second-order valence-corrected chi connectivity index (χ2v) is 11.4. The molecule has 1 atom stereocenters. The molecular weight excluding hydrogens is 515 g/mol. The van der Waals surface area contributed by atoms with E-state index in [9.17, 15) is 23.3 Å². The Morgan fingerprint density at radius 1 is 1.23 bits per heavy atom. The van der Waals surface area contributed by atoms with E-state index in [-0.39, 0.29) is 66.7 Å². The third kappa shape index (κ3) is 5.14. The second kappa shape index (κ2) is 9.88. The normalized spacial score (nSPS) is 15.5. The van der Waals surface area contributed by atoms with Crippen LogP contribution >= 0.6 is 20.3 Å². The quantitative estimate of drug-likeness (QED) is 0.208. The highest BCUT2D eigenvalue weighted by Gasteiger charge is 2.28. The van der Waals surface area contributed by atoms with Crippen LogP contribution in [0.5, 0.6) is 0 Å². The van der Waals surface area contributed by atoms with Crippen LogP contribution in [0.25, 0.3) is 0 Å². The third-order valence-corrected chi connectivity index (χ3v) is 8.45. The summed E-state index contributed by atoms with van der Waals surface area (Å²) in [5.41, 5.74) is 0.834. The molecule has 0 spiro atoms. The summed E-state index contributed by atoms with van der Waals surface area (Å²) in [5, 5.41) is 19.3. The summed E-state index contributed by atoms with van der Waals surface area (Å²) in [6.45, 7) is 3.94. The zero-order valence-corrected chi connectivity index (χ0v) is 21.4. The Morgan fingerprint density at radius 2 is 1.91 bits per heavy atom. The molecule has 0 saturated carbocycles. The van der Waals surface area contributed by atoms with Gasteiger partial charge in [0.2, 0.25) is 5.82 Å². The van der Waals surface area contributed by atoms with Gasteiger partial charge < -0.3 is 10.2 Å². The van der Waals surface area contributed by atoms with Gasteiger partial charge in [-0.1, -0.05) is 23.7 Å². The first-order chi connectivity index (χ1) is 16.6. The molecule has 0 bridgehead atoms. The number of nitrogens with one attached hydrogen (secondary N) is 1. The van der Waals surface area contributed by atoms with Crippen LogP contribution in [0.2, 0.25) is 5.02 Å².